The van der Waals surface area contributed by atoms with Gasteiger partial charge >= 0.3 is 11.9 Å². The molecule has 0 aliphatic heterocycles. The Balaban J connectivity index is 0.000000278. The van der Waals surface area contributed by atoms with Gasteiger partial charge in [0, 0.05) is 0 Å². The van der Waals surface area contributed by atoms with E-state index in [1.165, 1.54) is 38.5 Å². The van der Waals surface area contributed by atoms with Gasteiger partial charge < -0.3 is 10.2 Å². The molecular formula is C25H32O4. The maximum absolute atomic E-state index is 11.3. The summed E-state index contributed by atoms with van der Waals surface area (Å²) in [5, 5.41) is 17.7. The van der Waals surface area contributed by atoms with E-state index < -0.39 is 11.9 Å². The van der Waals surface area contributed by atoms with Gasteiger partial charge in [-0.1, -0.05) is 69.0 Å². The molecule has 4 heteroatoms. The van der Waals surface area contributed by atoms with Gasteiger partial charge in [0.2, 0.25) is 0 Å². The van der Waals surface area contributed by atoms with Gasteiger partial charge in [0.15, 0.2) is 0 Å². The first-order valence-electron chi connectivity index (χ1n) is 10.6. The molecule has 1 saturated carbocycles. The molecule has 1 fully saturated rings. The maximum atomic E-state index is 11.3. The van der Waals surface area contributed by atoms with Crippen LogP contribution in [-0.4, -0.2) is 22.2 Å². The lowest BCUT2D eigenvalue weighted by atomic mass is 9.76. The van der Waals surface area contributed by atoms with Gasteiger partial charge in [-0.05, 0) is 61.3 Å². The molecule has 3 rings (SSSR count). The van der Waals surface area contributed by atoms with Gasteiger partial charge in [-0.15, -0.1) is 0 Å². The average Bonchev–Trinajstić information content (AvgIpc) is 2.75. The fourth-order valence-electron chi connectivity index (χ4n) is 4.07. The lowest BCUT2D eigenvalue weighted by molar-refractivity contribution is 0.0685. The van der Waals surface area contributed by atoms with Crippen LogP contribution in [0.3, 0.4) is 0 Å². The van der Waals surface area contributed by atoms with Crippen LogP contribution in [0.2, 0.25) is 0 Å². The molecule has 1 aliphatic carbocycles. The van der Waals surface area contributed by atoms with Gasteiger partial charge in [-0.2, -0.15) is 0 Å². The Kier molecular flexibility index (Phi) is 9.42. The van der Waals surface area contributed by atoms with E-state index in [0.29, 0.717) is 17.0 Å². The number of carboxylic acid groups (broad SMARTS) is 2. The Morgan fingerprint density at radius 1 is 0.828 bits per heavy atom. The number of carboxylic acids is 2. The molecule has 156 valence electrons. The molecule has 29 heavy (non-hydrogen) atoms. The lowest BCUT2D eigenvalue weighted by Gasteiger charge is -2.29. The zero-order valence-electron chi connectivity index (χ0n) is 17.2. The van der Waals surface area contributed by atoms with Crippen molar-refractivity contribution in [2.24, 2.45) is 5.92 Å². The van der Waals surface area contributed by atoms with Gasteiger partial charge in [0.05, 0.1) is 11.1 Å². The van der Waals surface area contributed by atoms with Gasteiger partial charge in [-0.3, -0.25) is 0 Å². The van der Waals surface area contributed by atoms with Crippen LogP contribution in [0.1, 0.15) is 90.5 Å². The molecule has 0 heterocycles. The van der Waals surface area contributed by atoms with Crippen LogP contribution >= 0.6 is 0 Å². The Morgan fingerprint density at radius 3 is 2.00 bits per heavy atom. The fraction of sp³-hybridized carbons (Fsp3) is 0.440. The molecule has 0 aromatic heterocycles. The van der Waals surface area contributed by atoms with Gasteiger partial charge in [0.25, 0.3) is 0 Å². The molecule has 0 bridgehead atoms. The highest BCUT2D eigenvalue weighted by Gasteiger charge is 2.24. The second-order valence-electron chi connectivity index (χ2n) is 7.78. The normalized spacial score (nSPS) is 18.4. The molecule has 0 amide bonds. The first-order valence-corrected chi connectivity index (χ1v) is 10.6. The van der Waals surface area contributed by atoms with E-state index in [0.717, 1.165) is 24.3 Å². The van der Waals surface area contributed by atoms with E-state index in [1.54, 1.807) is 36.4 Å². The summed E-state index contributed by atoms with van der Waals surface area (Å²) in [6, 6.07) is 15.8. The van der Waals surface area contributed by atoms with Crippen molar-refractivity contribution < 1.29 is 19.8 Å². The highest BCUT2D eigenvalue weighted by atomic mass is 16.4. The molecule has 0 saturated heterocycles. The Hall–Kier alpha value is -2.62. The number of carbonyl (C=O) groups is 2. The average molecular weight is 397 g/mol. The van der Waals surface area contributed by atoms with Crippen LogP contribution in [0.5, 0.6) is 0 Å². The monoisotopic (exact) mass is 396 g/mol. The van der Waals surface area contributed by atoms with Crippen LogP contribution in [0.25, 0.3) is 0 Å². The van der Waals surface area contributed by atoms with Crippen molar-refractivity contribution in [1.82, 2.24) is 0 Å². The zero-order valence-corrected chi connectivity index (χ0v) is 17.2. The third-order valence-corrected chi connectivity index (χ3v) is 5.71. The number of hydrogen-bond acceptors (Lipinski definition) is 2. The van der Waals surface area contributed by atoms with Crippen molar-refractivity contribution in [1.29, 1.82) is 0 Å². The molecular weight excluding hydrogens is 364 g/mol. The van der Waals surface area contributed by atoms with Crippen molar-refractivity contribution >= 4 is 11.9 Å². The maximum Gasteiger partial charge on any atom is 0.335 e. The van der Waals surface area contributed by atoms with Crippen LogP contribution in [0.4, 0.5) is 0 Å². The predicted octanol–water partition coefficient (Wildman–Crippen LogP) is 6.62. The van der Waals surface area contributed by atoms with Gasteiger partial charge in [0.1, 0.15) is 0 Å². The third kappa shape index (κ3) is 7.37. The first kappa shape index (κ1) is 22.7. The standard InChI is InChI=1S/C18H26O2.C7H6O2/c1-2-3-4-7-14-10-12-15(13-11-14)16-8-5-6-9-17(16)18(19)20;8-7(9)6-4-2-1-3-5-6/h5-6,8-9,14-15H,2-4,7,10-13H2,1H3,(H,19,20);1-5H,(H,8,9)/t14-,15-;. The molecule has 2 aromatic carbocycles. The summed E-state index contributed by atoms with van der Waals surface area (Å²) < 4.78 is 0. The van der Waals surface area contributed by atoms with Crippen molar-refractivity contribution in [3.8, 4) is 0 Å². The summed E-state index contributed by atoms with van der Waals surface area (Å²) in [6.45, 7) is 2.25. The summed E-state index contributed by atoms with van der Waals surface area (Å²) in [7, 11) is 0. The van der Waals surface area contributed by atoms with Crippen molar-refractivity contribution in [2.75, 3.05) is 0 Å². The molecule has 4 nitrogen and oxygen atoms in total. The van der Waals surface area contributed by atoms with Crippen molar-refractivity contribution in [3.05, 3.63) is 71.3 Å². The topological polar surface area (TPSA) is 74.6 Å². The van der Waals surface area contributed by atoms with Gasteiger partial charge in [-0.25, -0.2) is 9.59 Å². The smallest absolute Gasteiger partial charge is 0.335 e. The van der Waals surface area contributed by atoms with E-state index >= 15 is 0 Å². The number of benzene rings is 2. The second kappa shape index (κ2) is 12.1. The summed E-state index contributed by atoms with van der Waals surface area (Å²) in [5.74, 6) is -0.346. The summed E-state index contributed by atoms with van der Waals surface area (Å²) in [5.41, 5.74) is 1.88. The number of hydrogen-bond donors (Lipinski definition) is 2. The Labute approximate surface area is 173 Å². The minimum atomic E-state index is -0.879. The Morgan fingerprint density at radius 2 is 1.45 bits per heavy atom. The fourth-order valence-corrected chi connectivity index (χ4v) is 4.07. The van der Waals surface area contributed by atoms with E-state index in [9.17, 15) is 14.7 Å². The van der Waals surface area contributed by atoms with E-state index in [1.807, 2.05) is 18.2 Å². The molecule has 0 radical (unpaired) electrons. The third-order valence-electron chi connectivity index (χ3n) is 5.71. The summed E-state index contributed by atoms with van der Waals surface area (Å²) >= 11 is 0. The van der Waals surface area contributed by atoms with E-state index in [-0.39, 0.29) is 0 Å². The number of aromatic carboxylic acids is 2. The number of rotatable bonds is 7. The van der Waals surface area contributed by atoms with E-state index in [4.69, 9.17) is 5.11 Å². The van der Waals surface area contributed by atoms with Crippen molar-refractivity contribution in [3.63, 3.8) is 0 Å². The number of unbranched alkanes of at least 4 members (excludes halogenated alkanes) is 2. The lowest BCUT2D eigenvalue weighted by Crippen LogP contribution is -2.15. The van der Waals surface area contributed by atoms with Crippen LogP contribution in [-0.2, 0) is 0 Å². The Bertz CT molecular complexity index is 761. The molecule has 0 spiro atoms. The SMILES string of the molecule is CCCCC[C@H]1CC[C@H](c2ccccc2C(=O)O)CC1.O=C(O)c1ccccc1. The van der Waals surface area contributed by atoms with Crippen LogP contribution < -0.4 is 0 Å². The molecule has 2 N–H and O–H groups in total. The molecule has 1 aliphatic rings. The summed E-state index contributed by atoms with van der Waals surface area (Å²) in [6.07, 6.45) is 10.2. The highest BCUT2D eigenvalue weighted by molar-refractivity contribution is 5.89. The minimum Gasteiger partial charge on any atom is -0.478 e. The van der Waals surface area contributed by atoms with E-state index in [2.05, 4.69) is 6.92 Å². The summed E-state index contributed by atoms with van der Waals surface area (Å²) in [4.78, 5) is 21.5. The zero-order chi connectivity index (χ0) is 21.1. The van der Waals surface area contributed by atoms with Crippen LogP contribution in [0, 0.1) is 5.92 Å². The molecule has 0 unspecified atom stereocenters. The molecule has 2 aromatic rings. The first-order chi connectivity index (χ1) is 14.0. The quantitative estimate of drug-likeness (QED) is 0.515. The highest BCUT2D eigenvalue weighted by Crippen LogP contribution is 2.38. The predicted molar refractivity (Wildman–Crippen MR) is 116 cm³/mol. The second-order valence-corrected chi connectivity index (χ2v) is 7.78. The largest absolute Gasteiger partial charge is 0.478 e. The molecule has 0 atom stereocenters. The van der Waals surface area contributed by atoms with Crippen molar-refractivity contribution in [2.45, 2.75) is 64.2 Å². The van der Waals surface area contributed by atoms with Crippen LogP contribution in [0.15, 0.2) is 54.6 Å². The minimum absolute atomic E-state index is 0.331.